The van der Waals surface area contributed by atoms with Gasteiger partial charge in [0, 0.05) is 6.42 Å². The molecule has 2 N–H and O–H groups in total. The third-order valence-electron chi connectivity index (χ3n) is 3.84. The second-order valence-corrected chi connectivity index (χ2v) is 6.07. The molecule has 0 spiro atoms. The summed E-state index contributed by atoms with van der Waals surface area (Å²) >= 11 is 5.28. The summed E-state index contributed by atoms with van der Waals surface area (Å²) < 4.78 is 12.5. The van der Waals surface area contributed by atoms with E-state index in [0.29, 0.717) is 29.4 Å². The predicted octanol–water partition coefficient (Wildman–Crippen LogP) is 3.53. The second kappa shape index (κ2) is 8.50. The van der Waals surface area contributed by atoms with Crippen LogP contribution in [0.3, 0.4) is 0 Å². The van der Waals surface area contributed by atoms with Gasteiger partial charge < -0.3 is 14.6 Å². The Hall–Kier alpha value is -3.13. The summed E-state index contributed by atoms with van der Waals surface area (Å²) in [7, 11) is 1.63. The van der Waals surface area contributed by atoms with Crippen LogP contribution in [-0.4, -0.2) is 39.9 Å². The lowest BCUT2D eigenvalue weighted by atomic mass is 10.1. The second-order valence-electron chi connectivity index (χ2n) is 5.69. The standard InChI is InChI=1S/C19H20N4O3S/c1-3-26-17-10-14(6-9-16(17)24)12-20-23-18(21-22-19(23)27)11-13-4-7-15(25-2)8-5-13/h4-10,12,24H,3,11H2,1-2H3,(H,22,27)/b20-12+. The van der Waals surface area contributed by atoms with Crippen LogP contribution < -0.4 is 9.47 Å². The first-order valence-corrected chi connectivity index (χ1v) is 8.81. The Kier molecular flexibility index (Phi) is 5.87. The van der Waals surface area contributed by atoms with Crippen LogP contribution in [0.15, 0.2) is 47.6 Å². The molecule has 0 aliphatic carbocycles. The highest BCUT2D eigenvalue weighted by Gasteiger charge is 2.07. The molecule has 1 aromatic heterocycles. The number of hydrogen-bond acceptors (Lipinski definition) is 6. The molecule has 0 saturated carbocycles. The van der Waals surface area contributed by atoms with Crippen LogP contribution in [-0.2, 0) is 6.42 Å². The van der Waals surface area contributed by atoms with Crippen LogP contribution in [0.4, 0.5) is 0 Å². The molecule has 7 nitrogen and oxygen atoms in total. The monoisotopic (exact) mass is 384 g/mol. The third kappa shape index (κ3) is 4.53. The van der Waals surface area contributed by atoms with Crippen molar-refractivity contribution >= 4 is 18.4 Å². The van der Waals surface area contributed by atoms with E-state index < -0.39 is 0 Å². The van der Waals surface area contributed by atoms with Crippen LogP contribution in [0, 0.1) is 4.77 Å². The predicted molar refractivity (Wildman–Crippen MR) is 105 cm³/mol. The van der Waals surface area contributed by atoms with Gasteiger partial charge in [-0.15, -0.1) is 0 Å². The summed E-state index contributed by atoms with van der Waals surface area (Å²) in [4.78, 5) is 0. The van der Waals surface area contributed by atoms with Gasteiger partial charge in [-0.3, -0.25) is 5.10 Å². The van der Waals surface area contributed by atoms with Gasteiger partial charge in [-0.25, -0.2) is 0 Å². The number of aromatic hydroxyl groups is 1. The van der Waals surface area contributed by atoms with Crippen molar-refractivity contribution in [3.05, 3.63) is 64.2 Å². The van der Waals surface area contributed by atoms with E-state index in [1.54, 1.807) is 36.2 Å². The van der Waals surface area contributed by atoms with E-state index in [4.69, 9.17) is 21.7 Å². The summed E-state index contributed by atoms with van der Waals surface area (Å²) in [5.74, 6) is 1.99. The van der Waals surface area contributed by atoms with Crippen LogP contribution in [0.25, 0.3) is 0 Å². The average molecular weight is 384 g/mol. The number of benzene rings is 2. The largest absolute Gasteiger partial charge is 0.504 e. The van der Waals surface area contributed by atoms with E-state index in [-0.39, 0.29) is 5.75 Å². The highest BCUT2D eigenvalue weighted by atomic mass is 32.1. The van der Waals surface area contributed by atoms with E-state index >= 15 is 0 Å². The van der Waals surface area contributed by atoms with E-state index in [9.17, 15) is 5.11 Å². The minimum Gasteiger partial charge on any atom is -0.504 e. The Balaban J connectivity index is 1.83. The van der Waals surface area contributed by atoms with Gasteiger partial charge >= 0.3 is 0 Å². The van der Waals surface area contributed by atoms with Gasteiger partial charge in [0.2, 0.25) is 4.77 Å². The third-order valence-corrected chi connectivity index (χ3v) is 4.11. The number of nitrogens with one attached hydrogen (secondary N) is 1. The molecule has 8 heteroatoms. The molecule has 0 bridgehead atoms. The van der Waals surface area contributed by atoms with Crippen LogP contribution >= 0.6 is 12.2 Å². The minimum atomic E-state index is 0.0918. The highest BCUT2D eigenvalue weighted by molar-refractivity contribution is 7.71. The lowest BCUT2D eigenvalue weighted by molar-refractivity contribution is 0.318. The fraction of sp³-hybridized carbons (Fsp3) is 0.211. The molecule has 140 valence electrons. The van der Waals surface area contributed by atoms with Crippen molar-refractivity contribution < 1.29 is 14.6 Å². The van der Waals surface area contributed by atoms with E-state index in [0.717, 1.165) is 16.9 Å². The number of aromatic nitrogens is 3. The molecule has 3 aromatic rings. The Labute approximate surface area is 161 Å². The summed E-state index contributed by atoms with van der Waals surface area (Å²) in [6.07, 6.45) is 2.21. The minimum absolute atomic E-state index is 0.0918. The molecule has 2 aromatic carbocycles. The molecule has 0 aliphatic heterocycles. The van der Waals surface area contributed by atoms with Crippen molar-refractivity contribution in [1.82, 2.24) is 14.9 Å². The van der Waals surface area contributed by atoms with Crippen molar-refractivity contribution in [3.63, 3.8) is 0 Å². The van der Waals surface area contributed by atoms with Crippen LogP contribution in [0.2, 0.25) is 0 Å². The molecule has 0 radical (unpaired) electrons. The Bertz CT molecular complexity index is 993. The fourth-order valence-corrected chi connectivity index (χ4v) is 2.69. The number of aromatic amines is 1. The number of methoxy groups -OCH3 is 1. The molecule has 0 atom stereocenters. The molecule has 0 amide bonds. The molecule has 0 unspecified atom stereocenters. The molecule has 0 saturated heterocycles. The molecule has 0 fully saturated rings. The maximum Gasteiger partial charge on any atom is 0.216 e. The van der Waals surface area contributed by atoms with Crippen molar-refractivity contribution in [2.45, 2.75) is 13.3 Å². The lowest BCUT2D eigenvalue weighted by Gasteiger charge is -2.06. The molecule has 27 heavy (non-hydrogen) atoms. The maximum absolute atomic E-state index is 9.79. The van der Waals surface area contributed by atoms with Crippen LogP contribution in [0.1, 0.15) is 23.9 Å². The Morgan fingerprint density at radius 2 is 2.04 bits per heavy atom. The zero-order valence-corrected chi connectivity index (χ0v) is 15.9. The van der Waals surface area contributed by atoms with Crippen molar-refractivity contribution in [2.75, 3.05) is 13.7 Å². The number of phenols is 1. The highest BCUT2D eigenvalue weighted by Crippen LogP contribution is 2.26. The smallest absolute Gasteiger partial charge is 0.216 e. The summed E-state index contributed by atoms with van der Waals surface area (Å²) in [6, 6.07) is 12.8. The lowest BCUT2D eigenvalue weighted by Crippen LogP contribution is -2.01. The zero-order valence-electron chi connectivity index (χ0n) is 15.0. The SMILES string of the molecule is CCOc1cc(/C=N/n2c(Cc3ccc(OC)cc3)n[nH]c2=S)ccc1O. The molecule has 0 aliphatic rings. The molecule has 3 rings (SSSR count). The Morgan fingerprint density at radius 1 is 1.26 bits per heavy atom. The van der Waals surface area contributed by atoms with E-state index in [1.807, 2.05) is 31.2 Å². The molecule has 1 heterocycles. The van der Waals surface area contributed by atoms with Crippen LogP contribution in [0.5, 0.6) is 17.2 Å². The number of H-pyrrole nitrogens is 1. The van der Waals surface area contributed by atoms with Gasteiger partial charge in [0.15, 0.2) is 17.3 Å². The zero-order chi connectivity index (χ0) is 19.2. The Morgan fingerprint density at radius 3 is 2.74 bits per heavy atom. The van der Waals surface area contributed by atoms with Gasteiger partial charge in [0.25, 0.3) is 0 Å². The number of hydrogen-bond donors (Lipinski definition) is 2. The summed E-state index contributed by atoms with van der Waals surface area (Å²) in [6.45, 7) is 2.32. The first-order chi connectivity index (χ1) is 13.1. The maximum atomic E-state index is 9.79. The summed E-state index contributed by atoms with van der Waals surface area (Å²) in [5, 5.41) is 21.3. The van der Waals surface area contributed by atoms with Crippen molar-refractivity contribution in [3.8, 4) is 17.2 Å². The normalized spacial score (nSPS) is 11.0. The molecular formula is C19H20N4O3S. The number of ether oxygens (including phenoxy) is 2. The number of rotatable bonds is 7. The van der Waals surface area contributed by atoms with Gasteiger partial charge in [0.1, 0.15) is 5.75 Å². The first kappa shape index (κ1) is 18.7. The van der Waals surface area contributed by atoms with Gasteiger partial charge in [0.05, 0.1) is 19.9 Å². The first-order valence-electron chi connectivity index (χ1n) is 8.40. The summed E-state index contributed by atoms with van der Waals surface area (Å²) in [5.41, 5.74) is 1.83. The quantitative estimate of drug-likeness (QED) is 0.481. The average Bonchev–Trinajstić information content (AvgIpc) is 3.02. The van der Waals surface area contributed by atoms with Gasteiger partial charge in [-0.2, -0.15) is 14.9 Å². The fourth-order valence-electron chi connectivity index (χ4n) is 2.49. The van der Waals surface area contributed by atoms with Crippen molar-refractivity contribution in [1.29, 1.82) is 0 Å². The molecular weight excluding hydrogens is 364 g/mol. The van der Waals surface area contributed by atoms with Gasteiger partial charge in [-0.1, -0.05) is 12.1 Å². The van der Waals surface area contributed by atoms with E-state index in [2.05, 4.69) is 15.3 Å². The van der Waals surface area contributed by atoms with Crippen molar-refractivity contribution in [2.24, 2.45) is 5.10 Å². The topological polar surface area (TPSA) is 84.7 Å². The van der Waals surface area contributed by atoms with Gasteiger partial charge in [-0.05, 0) is 60.6 Å². The van der Waals surface area contributed by atoms with E-state index in [1.165, 1.54) is 0 Å². The number of phenolic OH excluding ortho intramolecular Hbond substituents is 1. The number of nitrogens with zero attached hydrogens (tertiary/aromatic N) is 3.